The van der Waals surface area contributed by atoms with E-state index in [1.807, 2.05) is 0 Å². The van der Waals surface area contributed by atoms with Gasteiger partial charge in [0.2, 0.25) is 0 Å². The van der Waals surface area contributed by atoms with E-state index in [0.29, 0.717) is 0 Å². The molecule has 0 saturated heterocycles. The molecule has 0 aliphatic rings. The van der Waals surface area contributed by atoms with E-state index in [1.165, 1.54) is 38.5 Å². The van der Waals surface area contributed by atoms with E-state index in [1.54, 1.807) is 0 Å². The first-order chi connectivity index (χ1) is 12.8. The fourth-order valence-corrected chi connectivity index (χ4v) is 4.00. The summed E-state index contributed by atoms with van der Waals surface area (Å²) in [5, 5.41) is 3.80. The number of halogens is 1. The van der Waals surface area contributed by atoms with Crippen LogP contribution in [0.1, 0.15) is 0 Å². The van der Waals surface area contributed by atoms with Gasteiger partial charge in [-0.1, -0.05) is 70.5 Å². The first-order valence-corrected chi connectivity index (χ1v) is 9.44. The van der Waals surface area contributed by atoms with Gasteiger partial charge >= 0.3 is 0 Å². The fraction of sp³-hybridized carbons (Fsp3) is 0. The minimum atomic E-state index is 1.09. The summed E-state index contributed by atoms with van der Waals surface area (Å²) in [6, 6.07) is 32.2. The van der Waals surface area contributed by atoms with Crippen LogP contribution in [-0.4, -0.2) is 4.57 Å². The maximum absolute atomic E-state index is 3.61. The Morgan fingerprint density at radius 2 is 1.38 bits per heavy atom. The molecule has 0 spiro atoms. The Morgan fingerprint density at radius 1 is 0.654 bits per heavy atom. The van der Waals surface area contributed by atoms with Crippen LogP contribution in [0.4, 0.5) is 0 Å². The van der Waals surface area contributed by atoms with Crippen LogP contribution in [0.25, 0.3) is 38.5 Å². The van der Waals surface area contributed by atoms with E-state index in [4.69, 9.17) is 0 Å². The van der Waals surface area contributed by atoms with Gasteiger partial charge in [-0.3, -0.25) is 0 Å². The summed E-state index contributed by atoms with van der Waals surface area (Å²) < 4.78 is 3.38. The van der Waals surface area contributed by atoms with E-state index in [0.717, 1.165) is 4.47 Å². The Morgan fingerprint density at radius 3 is 2.15 bits per heavy atom. The first-order valence-electron chi connectivity index (χ1n) is 8.65. The van der Waals surface area contributed by atoms with Crippen LogP contribution in [0, 0.1) is 0 Å². The van der Waals surface area contributed by atoms with E-state index in [-0.39, 0.29) is 0 Å². The normalized spacial score (nSPS) is 11.3. The number of rotatable bonds is 2. The molecule has 1 nitrogen and oxygen atoms in total. The lowest BCUT2D eigenvalue weighted by molar-refractivity contribution is 1.13. The molecule has 0 atom stereocenters. The van der Waals surface area contributed by atoms with Crippen molar-refractivity contribution in [3.63, 3.8) is 0 Å². The van der Waals surface area contributed by atoms with Crippen molar-refractivity contribution in [2.24, 2.45) is 0 Å². The molecule has 5 rings (SSSR count). The Bertz CT molecular complexity index is 1240. The van der Waals surface area contributed by atoms with Crippen LogP contribution in [0.3, 0.4) is 0 Å². The van der Waals surface area contributed by atoms with Gasteiger partial charge in [0.15, 0.2) is 0 Å². The summed E-state index contributed by atoms with van der Waals surface area (Å²) in [7, 11) is 0. The van der Waals surface area contributed by atoms with Gasteiger partial charge < -0.3 is 4.57 Å². The molecular formula is C24H16BrN. The van der Waals surface area contributed by atoms with Gasteiger partial charge in [-0.05, 0) is 52.7 Å². The average molecular weight is 398 g/mol. The summed E-state index contributed by atoms with van der Waals surface area (Å²) in [5.74, 6) is 0. The van der Waals surface area contributed by atoms with Crippen molar-refractivity contribution in [3.8, 4) is 16.8 Å². The molecule has 0 radical (unpaired) electrons. The quantitative estimate of drug-likeness (QED) is 0.296. The molecule has 1 aromatic heterocycles. The summed E-state index contributed by atoms with van der Waals surface area (Å²) >= 11 is 3.61. The standard InChI is InChI=1S/C24H16BrN/c25-20-10-6-9-19(13-20)23-16-26(21-11-2-1-3-12-21)24-15-18-8-5-4-7-17(18)14-22(23)24/h1-16H. The molecule has 0 fully saturated rings. The van der Waals surface area contributed by atoms with E-state index in [2.05, 4.69) is 118 Å². The summed E-state index contributed by atoms with van der Waals surface area (Å²) in [6.45, 7) is 0. The Labute approximate surface area is 160 Å². The Balaban J connectivity index is 1.89. The number of fused-ring (bicyclic) bond motifs is 2. The lowest BCUT2D eigenvalue weighted by Gasteiger charge is -2.06. The summed E-state index contributed by atoms with van der Waals surface area (Å²) in [6.07, 6.45) is 2.25. The van der Waals surface area contributed by atoms with E-state index in [9.17, 15) is 0 Å². The average Bonchev–Trinajstić information content (AvgIpc) is 3.05. The second-order valence-corrected chi connectivity index (χ2v) is 7.39. The molecule has 0 aliphatic heterocycles. The minimum Gasteiger partial charge on any atom is -0.316 e. The van der Waals surface area contributed by atoms with Crippen molar-refractivity contribution in [2.45, 2.75) is 0 Å². The van der Waals surface area contributed by atoms with Crippen LogP contribution in [0.2, 0.25) is 0 Å². The van der Waals surface area contributed by atoms with E-state index >= 15 is 0 Å². The Kier molecular flexibility index (Phi) is 3.65. The molecule has 0 unspecified atom stereocenters. The van der Waals surface area contributed by atoms with Gasteiger partial charge in [-0.2, -0.15) is 0 Å². The number of nitrogens with zero attached hydrogens (tertiary/aromatic N) is 1. The molecule has 0 aliphatic carbocycles. The number of hydrogen-bond acceptors (Lipinski definition) is 0. The Hall–Kier alpha value is -2.84. The molecular weight excluding hydrogens is 382 g/mol. The lowest BCUT2D eigenvalue weighted by Crippen LogP contribution is -1.90. The van der Waals surface area contributed by atoms with Crippen LogP contribution in [0.5, 0.6) is 0 Å². The van der Waals surface area contributed by atoms with Gasteiger partial charge in [-0.25, -0.2) is 0 Å². The zero-order valence-corrected chi connectivity index (χ0v) is 15.6. The summed E-state index contributed by atoms with van der Waals surface area (Å²) in [5.41, 5.74) is 4.86. The second kappa shape index (κ2) is 6.15. The van der Waals surface area contributed by atoms with Crippen molar-refractivity contribution in [1.29, 1.82) is 0 Å². The van der Waals surface area contributed by atoms with Crippen molar-refractivity contribution in [1.82, 2.24) is 4.57 Å². The molecule has 0 amide bonds. The third-order valence-corrected chi connectivity index (χ3v) is 5.34. The van der Waals surface area contributed by atoms with Gasteiger partial charge in [-0.15, -0.1) is 0 Å². The van der Waals surface area contributed by atoms with Crippen molar-refractivity contribution < 1.29 is 0 Å². The molecule has 26 heavy (non-hydrogen) atoms. The SMILES string of the molecule is Brc1cccc(-c2cn(-c3ccccc3)c3cc4ccccc4cc23)c1. The van der Waals surface area contributed by atoms with Gasteiger partial charge in [0.25, 0.3) is 0 Å². The van der Waals surface area contributed by atoms with Crippen LogP contribution in [0.15, 0.2) is 102 Å². The number of benzene rings is 4. The molecule has 0 saturated carbocycles. The fourth-order valence-electron chi connectivity index (χ4n) is 3.60. The first kappa shape index (κ1) is 15.4. The smallest absolute Gasteiger partial charge is 0.0541 e. The van der Waals surface area contributed by atoms with Gasteiger partial charge in [0.05, 0.1) is 5.52 Å². The molecule has 1 heterocycles. The zero-order valence-electron chi connectivity index (χ0n) is 14.1. The molecule has 2 heteroatoms. The van der Waals surface area contributed by atoms with Crippen molar-refractivity contribution >= 4 is 37.6 Å². The number of hydrogen-bond donors (Lipinski definition) is 0. The largest absolute Gasteiger partial charge is 0.316 e. The number of aromatic nitrogens is 1. The maximum atomic E-state index is 3.61. The maximum Gasteiger partial charge on any atom is 0.0541 e. The summed E-state index contributed by atoms with van der Waals surface area (Å²) in [4.78, 5) is 0. The van der Waals surface area contributed by atoms with Crippen LogP contribution in [-0.2, 0) is 0 Å². The third-order valence-electron chi connectivity index (χ3n) is 4.84. The van der Waals surface area contributed by atoms with Crippen molar-refractivity contribution in [2.75, 3.05) is 0 Å². The highest BCUT2D eigenvalue weighted by Gasteiger charge is 2.13. The highest BCUT2D eigenvalue weighted by Crippen LogP contribution is 2.36. The topological polar surface area (TPSA) is 4.93 Å². The monoisotopic (exact) mass is 397 g/mol. The van der Waals surface area contributed by atoms with Gasteiger partial charge in [0.1, 0.15) is 0 Å². The van der Waals surface area contributed by atoms with Crippen LogP contribution >= 0.6 is 15.9 Å². The predicted molar refractivity (Wildman–Crippen MR) is 114 cm³/mol. The second-order valence-electron chi connectivity index (χ2n) is 6.48. The highest BCUT2D eigenvalue weighted by atomic mass is 79.9. The molecule has 0 N–H and O–H groups in total. The van der Waals surface area contributed by atoms with Gasteiger partial charge in [0, 0.05) is 27.3 Å². The molecule has 4 aromatic carbocycles. The van der Waals surface area contributed by atoms with Crippen molar-refractivity contribution in [3.05, 3.63) is 102 Å². The highest BCUT2D eigenvalue weighted by molar-refractivity contribution is 9.10. The zero-order chi connectivity index (χ0) is 17.5. The number of para-hydroxylation sites is 1. The predicted octanol–water partition coefficient (Wildman–Crippen LogP) is 7.21. The third kappa shape index (κ3) is 2.54. The lowest BCUT2D eigenvalue weighted by atomic mass is 10.0. The van der Waals surface area contributed by atoms with Crippen LogP contribution < -0.4 is 0 Å². The van der Waals surface area contributed by atoms with E-state index < -0.39 is 0 Å². The molecule has 0 bridgehead atoms. The minimum absolute atomic E-state index is 1.09. The molecule has 5 aromatic rings. The molecule has 124 valence electrons.